The highest BCUT2D eigenvalue weighted by Crippen LogP contribution is 2.07. The summed E-state index contributed by atoms with van der Waals surface area (Å²) in [6, 6.07) is 0. The van der Waals surface area contributed by atoms with Gasteiger partial charge >= 0.3 is 0 Å². The summed E-state index contributed by atoms with van der Waals surface area (Å²) in [4.78, 5) is 0. The third-order valence-electron chi connectivity index (χ3n) is 1.79. The van der Waals surface area contributed by atoms with Crippen LogP contribution in [0.3, 0.4) is 0 Å². The molecule has 0 amide bonds. The van der Waals surface area contributed by atoms with Crippen molar-refractivity contribution in [3.05, 3.63) is 24.8 Å². The van der Waals surface area contributed by atoms with Crippen LogP contribution in [0.15, 0.2) is 24.8 Å². The van der Waals surface area contributed by atoms with Crippen LogP contribution < -0.4 is 0 Å². The van der Waals surface area contributed by atoms with E-state index in [2.05, 4.69) is 12.7 Å². The summed E-state index contributed by atoms with van der Waals surface area (Å²) < 4.78 is 10.8. The average Bonchev–Trinajstić information content (AvgIpc) is 2.18. The molecule has 2 nitrogen and oxygen atoms in total. The van der Waals surface area contributed by atoms with Gasteiger partial charge in [-0.05, 0) is 33.1 Å². The van der Waals surface area contributed by atoms with Crippen LogP contribution in [0.5, 0.6) is 0 Å². The van der Waals surface area contributed by atoms with E-state index in [1.807, 2.05) is 19.9 Å². The minimum absolute atomic E-state index is 0.0258. The summed E-state index contributed by atoms with van der Waals surface area (Å²) >= 11 is 0. The Balaban J connectivity index is 3.48. The Morgan fingerprint density at radius 3 is 2.36 bits per heavy atom. The van der Waals surface area contributed by atoms with Crippen molar-refractivity contribution in [2.75, 3.05) is 13.2 Å². The molecule has 0 unspecified atom stereocenters. The first-order valence-electron chi connectivity index (χ1n) is 5.35. The molecule has 0 saturated heterocycles. The van der Waals surface area contributed by atoms with E-state index in [1.54, 1.807) is 6.08 Å². The van der Waals surface area contributed by atoms with Gasteiger partial charge in [-0.3, -0.25) is 0 Å². The Morgan fingerprint density at radius 1 is 1.21 bits per heavy atom. The third kappa shape index (κ3) is 8.02. The second-order valence-corrected chi connectivity index (χ2v) is 2.94. The SMILES string of the molecule is C=C/C=C/CCCC(OCC)OCC. The van der Waals surface area contributed by atoms with Gasteiger partial charge in [0.15, 0.2) is 6.29 Å². The van der Waals surface area contributed by atoms with Gasteiger partial charge in [0.05, 0.1) is 0 Å². The van der Waals surface area contributed by atoms with Crippen LogP contribution >= 0.6 is 0 Å². The largest absolute Gasteiger partial charge is 0.353 e. The lowest BCUT2D eigenvalue weighted by molar-refractivity contribution is -0.139. The summed E-state index contributed by atoms with van der Waals surface area (Å²) in [7, 11) is 0. The highest BCUT2D eigenvalue weighted by molar-refractivity contribution is 4.96. The van der Waals surface area contributed by atoms with E-state index in [0.717, 1.165) is 19.3 Å². The summed E-state index contributed by atoms with van der Waals surface area (Å²) in [6.45, 7) is 9.03. The van der Waals surface area contributed by atoms with E-state index in [-0.39, 0.29) is 6.29 Å². The first kappa shape index (κ1) is 13.4. The number of rotatable bonds is 9. The number of allylic oxidation sites excluding steroid dienone is 3. The van der Waals surface area contributed by atoms with Crippen molar-refractivity contribution in [3.63, 3.8) is 0 Å². The van der Waals surface area contributed by atoms with Crippen LogP contribution in [0.4, 0.5) is 0 Å². The van der Waals surface area contributed by atoms with Crippen molar-refractivity contribution in [3.8, 4) is 0 Å². The first-order chi connectivity index (χ1) is 6.85. The van der Waals surface area contributed by atoms with Crippen molar-refractivity contribution >= 4 is 0 Å². The fraction of sp³-hybridized carbons (Fsp3) is 0.667. The normalized spacial score (nSPS) is 11.4. The molecule has 0 aliphatic carbocycles. The van der Waals surface area contributed by atoms with Crippen molar-refractivity contribution in [1.82, 2.24) is 0 Å². The molecule has 0 aromatic rings. The van der Waals surface area contributed by atoms with Crippen LogP contribution in [0.1, 0.15) is 33.1 Å². The maximum atomic E-state index is 5.42. The highest BCUT2D eigenvalue weighted by Gasteiger charge is 2.05. The minimum atomic E-state index is -0.0258. The van der Waals surface area contributed by atoms with Gasteiger partial charge in [0.1, 0.15) is 0 Å². The van der Waals surface area contributed by atoms with Crippen LogP contribution in [-0.2, 0) is 9.47 Å². The molecule has 82 valence electrons. The third-order valence-corrected chi connectivity index (χ3v) is 1.79. The Bertz CT molecular complexity index is 146. The molecule has 0 heterocycles. The van der Waals surface area contributed by atoms with Gasteiger partial charge in [0.25, 0.3) is 0 Å². The molecular weight excluding hydrogens is 176 g/mol. The molecule has 0 aliphatic rings. The van der Waals surface area contributed by atoms with E-state index in [1.165, 1.54) is 0 Å². The molecule has 0 N–H and O–H groups in total. The van der Waals surface area contributed by atoms with Crippen LogP contribution in [0.2, 0.25) is 0 Å². The molecule has 0 aromatic heterocycles. The van der Waals surface area contributed by atoms with E-state index < -0.39 is 0 Å². The predicted octanol–water partition coefficient (Wildman–Crippen LogP) is 3.30. The number of hydrogen-bond donors (Lipinski definition) is 0. The number of hydrogen-bond acceptors (Lipinski definition) is 2. The molecule has 14 heavy (non-hydrogen) atoms. The van der Waals surface area contributed by atoms with Crippen LogP contribution in [0.25, 0.3) is 0 Å². The summed E-state index contributed by atoms with van der Waals surface area (Å²) in [5.41, 5.74) is 0. The standard InChI is InChI=1S/C12H22O2/c1-4-7-8-9-10-11-12(13-5-2)14-6-3/h4,7-8,12H,1,5-6,9-11H2,2-3H3/b8-7+. The van der Waals surface area contributed by atoms with Crippen LogP contribution in [0, 0.1) is 0 Å². The smallest absolute Gasteiger partial charge is 0.157 e. The van der Waals surface area contributed by atoms with E-state index in [9.17, 15) is 0 Å². The summed E-state index contributed by atoms with van der Waals surface area (Å²) in [6.07, 6.45) is 8.96. The highest BCUT2D eigenvalue weighted by atomic mass is 16.7. The maximum Gasteiger partial charge on any atom is 0.157 e. The molecule has 0 spiro atoms. The second kappa shape index (κ2) is 10.5. The molecular formula is C12H22O2. The fourth-order valence-corrected chi connectivity index (χ4v) is 1.18. The Morgan fingerprint density at radius 2 is 1.86 bits per heavy atom. The maximum absolute atomic E-state index is 5.42. The lowest BCUT2D eigenvalue weighted by Gasteiger charge is -2.15. The minimum Gasteiger partial charge on any atom is -0.353 e. The zero-order chi connectivity index (χ0) is 10.6. The molecule has 0 radical (unpaired) electrons. The molecule has 0 aromatic carbocycles. The molecule has 0 rings (SSSR count). The van der Waals surface area contributed by atoms with Crippen molar-refractivity contribution in [1.29, 1.82) is 0 Å². The van der Waals surface area contributed by atoms with Gasteiger partial charge in [-0.2, -0.15) is 0 Å². The second-order valence-electron chi connectivity index (χ2n) is 2.94. The molecule has 0 fully saturated rings. The first-order valence-corrected chi connectivity index (χ1v) is 5.35. The zero-order valence-corrected chi connectivity index (χ0v) is 9.37. The van der Waals surface area contributed by atoms with Gasteiger partial charge in [-0.15, -0.1) is 0 Å². The van der Waals surface area contributed by atoms with Gasteiger partial charge in [0, 0.05) is 13.2 Å². The molecule has 0 atom stereocenters. The Labute approximate surface area is 87.6 Å². The van der Waals surface area contributed by atoms with E-state index >= 15 is 0 Å². The lowest BCUT2D eigenvalue weighted by atomic mass is 10.2. The van der Waals surface area contributed by atoms with Gasteiger partial charge < -0.3 is 9.47 Å². The number of unbranched alkanes of at least 4 members (excludes halogenated alkanes) is 1. The summed E-state index contributed by atoms with van der Waals surface area (Å²) in [5.74, 6) is 0. The quantitative estimate of drug-likeness (QED) is 0.321. The van der Waals surface area contributed by atoms with E-state index in [0.29, 0.717) is 13.2 Å². The van der Waals surface area contributed by atoms with Crippen LogP contribution in [-0.4, -0.2) is 19.5 Å². The Hall–Kier alpha value is -0.600. The molecule has 2 heteroatoms. The van der Waals surface area contributed by atoms with Crippen molar-refractivity contribution in [2.45, 2.75) is 39.4 Å². The van der Waals surface area contributed by atoms with Gasteiger partial charge in [-0.25, -0.2) is 0 Å². The monoisotopic (exact) mass is 198 g/mol. The predicted molar refractivity (Wildman–Crippen MR) is 60.2 cm³/mol. The average molecular weight is 198 g/mol. The lowest BCUT2D eigenvalue weighted by Crippen LogP contribution is -2.16. The summed E-state index contributed by atoms with van der Waals surface area (Å²) in [5, 5.41) is 0. The molecule has 0 aliphatic heterocycles. The van der Waals surface area contributed by atoms with Crippen molar-refractivity contribution < 1.29 is 9.47 Å². The Kier molecular flexibility index (Phi) is 10.0. The van der Waals surface area contributed by atoms with Crippen molar-refractivity contribution in [2.24, 2.45) is 0 Å². The molecule has 0 saturated carbocycles. The zero-order valence-electron chi connectivity index (χ0n) is 9.37. The van der Waals surface area contributed by atoms with Gasteiger partial charge in [-0.1, -0.05) is 24.8 Å². The van der Waals surface area contributed by atoms with Gasteiger partial charge in [0.2, 0.25) is 0 Å². The fourth-order valence-electron chi connectivity index (χ4n) is 1.18. The topological polar surface area (TPSA) is 18.5 Å². The number of ether oxygens (including phenoxy) is 2. The van der Waals surface area contributed by atoms with E-state index in [4.69, 9.17) is 9.47 Å². The molecule has 0 bridgehead atoms.